The number of aromatic nitrogens is 1. The van der Waals surface area contributed by atoms with E-state index < -0.39 is 17.9 Å². The minimum absolute atomic E-state index is 0.227. The molecule has 16 heavy (non-hydrogen) atoms. The zero-order chi connectivity index (χ0) is 12.1. The summed E-state index contributed by atoms with van der Waals surface area (Å²) in [5, 5.41) is 11.4. The molecule has 1 aromatic rings. The number of hydrogen-bond donors (Lipinski definition) is 3. The van der Waals surface area contributed by atoms with Gasteiger partial charge in [-0.2, -0.15) is 0 Å². The number of halogens is 1. The largest absolute Gasteiger partial charge is 0.381 e. The van der Waals surface area contributed by atoms with E-state index in [1.807, 2.05) is 0 Å². The maximum Gasteiger partial charge on any atom is 0.254 e. The van der Waals surface area contributed by atoms with Crippen LogP contribution in [0.15, 0.2) is 22.9 Å². The Labute approximate surface area is 100.0 Å². The van der Waals surface area contributed by atoms with Crippen molar-refractivity contribution in [2.24, 2.45) is 5.73 Å². The Hall–Kier alpha value is -1.47. The highest BCUT2D eigenvalue weighted by Crippen LogP contribution is 2.11. The Kier molecular flexibility index (Phi) is 4.39. The molecule has 1 atom stereocenters. The van der Waals surface area contributed by atoms with Crippen molar-refractivity contribution in [1.82, 2.24) is 10.3 Å². The summed E-state index contributed by atoms with van der Waals surface area (Å²) in [6, 6.07) is 3.16. The number of aliphatic hydroxyl groups excluding tert-OH is 1. The number of carbonyl (C=O) groups excluding carboxylic acids is 2. The van der Waals surface area contributed by atoms with Crippen LogP contribution in [0.3, 0.4) is 0 Å². The second-order valence-corrected chi connectivity index (χ2v) is 3.72. The van der Waals surface area contributed by atoms with E-state index in [-0.39, 0.29) is 6.54 Å². The number of hydrogen-bond acceptors (Lipinski definition) is 4. The van der Waals surface area contributed by atoms with E-state index >= 15 is 0 Å². The molecule has 86 valence electrons. The van der Waals surface area contributed by atoms with Gasteiger partial charge in [0.25, 0.3) is 5.91 Å². The van der Waals surface area contributed by atoms with Gasteiger partial charge >= 0.3 is 0 Å². The summed E-state index contributed by atoms with van der Waals surface area (Å²) in [5.41, 5.74) is 5.15. The van der Waals surface area contributed by atoms with Crippen molar-refractivity contribution in [3.8, 4) is 0 Å². The van der Waals surface area contributed by atoms with Crippen LogP contribution in [0.25, 0.3) is 0 Å². The predicted octanol–water partition coefficient (Wildman–Crippen LogP) is -0.580. The highest BCUT2D eigenvalue weighted by Gasteiger charge is 2.14. The van der Waals surface area contributed by atoms with E-state index in [0.717, 1.165) is 0 Å². The third-order valence-electron chi connectivity index (χ3n) is 1.79. The van der Waals surface area contributed by atoms with Crippen molar-refractivity contribution in [2.75, 3.05) is 6.54 Å². The SMILES string of the molecule is NC(=O)C(O)CNC(=O)c1cccnc1Br. The van der Waals surface area contributed by atoms with Crippen molar-refractivity contribution in [2.45, 2.75) is 6.10 Å². The molecule has 0 aliphatic carbocycles. The molecule has 0 aliphatic rings. The fraction of sp³-hybridized carbons (Fsp3) is 0.222. The molecule has 0 bridgehead atoms. The first-order valence-corrected chi connectivity index (χ1v) is 5.17. The van der Waals surface area contributed by atoms with E-state index in [2.05, 4.69) is 26.2 Å². The van der Waals surface area contributed by atoms with Crippen LogP contribution in [-0.2, 0) is 4.79 Å². The zero-order valence-electron chi connectivity index (χ0n) is 8.18. The monoisotopic (exact) mass is 287 g/mol. The summed E-state index contributed by atoms with van der Waals surface area (Å²) in [6.45, 7) is -0.227. The van der Waals surface area contributed by atoms with Crippen LogP contribution in [0.5, 0.6) is 0 Å². The van der Waals surface area contributed by atoms with Gasteiger partial charge in [-0.1, -0.05) is 0 Å². The van der Waals surface area contributed by atoms with Crippen molar-refractivity contribution in [3.63, 3.8) is 0 Å². The summed E-state index contributed by atoms with van der Waals surface area (Å²) in [6.07, 6.45) is 0.137. The highest BCUT2D eigenvalue weighted by atomic mass is 79.9. The molecule has 7 heteroatoms. The van der Waals surface area contributed by atoms with Gasteiger partial charge in [0.2, 0.25) is 5.91 Å². The molecular formula is C9H10BrN3O3. The average Bonchev–Trinajstić information content (AvgIpc) is 2.25. The summed E-state index contributed by atoms with van der Waals surface area (Å²) < 4.78 is 0.390. The van der Waals surface area contributed by atoms with E-state index in [1.54, 1.807) is 12.1 Å². The minimum Gasteiger partial charge on any atom is -0.381 e. The Bertz CT molecular complexity index is 411. The van der Waals surface area contributed by atoms with Crippen molar-refractivity contribution in [3.05, 3.63) is 28.5 Å². The molecule has 1 aromatic heterocycles. The first kappa shape index (κ1) is 12.6. The molecule has 1 unspecified atom stereocenters. The third-order valence-corrected chi connectivity index (χ3v) is 2.42. The third kappa shape index (κ3) is 3.28. The van der Waals surface area contributed by atoms with E-state index in [1.165, 1.54) is 6.20 Å². The summed E-state index contributed by atoms with van der Waals surface area (Å²) in [4.78, 5) is 25.9. The molecule has 4 N–H and O–H groups in total. The lowest BCUT2D eigenvalue weighted by Crippen LogP contribution is -2.40. The fourth-order valence-electron chi connectivity index (χ4n) is 0.941. The molecule has 0 spiro atoms. The lowest BCUT2D eigenvalue weighted by atomic mass is 10.2. The van der Waals surface area contributed by atoms with Gasteiger partial charge in [-0.15, -0.1) is 0 Å². The fourth-order valence-corrected chi connectivity index (χ4v) is 1.37. The number of amides is 2. The lowest BCUT2D eigenvalue weighted by Gasteiger charge is -2.08. The van der Waals surface area contributed by atoms with Crippen LogP contribution in [-0.4, -0.2) is 34.6 Å². The second kappa shape index (κ2) is 5.57. The number of nitrogens with zero attached hydrogens (tertiary/aromatic N) is 1. The highest BCUT2D eigenvalue weighted by molar-refractivity contribution is 9.10. The van der Waals surface area contributed by atoms with Crippen molar-refractivity contribution >= 4 is 27.7 Å². The quantitative estimate of drug-likeness (QED) is 0.644. The number of pyridine rings is 1. The number of primary amides is 1. The normalized spacial score (nSPS) is 11.9. The van der Waals surface area contributed by atoms with Gasteiger partial charge < -0.3 is 16.2 Å². The molecule has 1 heterocycles. The number of rotatable bonds is 4. The molecule has 0 fully saturated rings. The molecule has 0 saturated carbocycles. The van der Waals surface area contributed by atoms with Crippen LogP contribution >= 0.6 is 15.9 Å². The lowest BCUT2D eigenvalue weighted by molar-refractivity contribution is -0.125. The summed E-state index contributed by atoms with van der Waals surface area (Å²) >= 11 is 3.11. The first-order chi connectivity index (χ1) is 7.52. The van der Waals surface area contributed by atoms with Gasteiger partial charge in [0.05, 0.1) is 12.1 Å². The van der Waals surface area contributed by atoms with E-state index in [0.29, 0.717) is 10.2 Å². The van der Waals surface area contributed by atoms with Gasteiger partial charge in [0.1, 0.15) is 10.7 Å². The van der Waals surface area contributed by atoms with Crippen LogP contribution in [0.1, 0.15) is 10.4 Å². The van der Waals surface area contributed by atoms with E-state index in [9.17, 15) is 9.59 Å². The molecule has 0 saturated heterocycles. The molecule has 2 amide bonds. The number of carbonyl (C=O) groups is 2. The maximum atomic E-state index is 11.5. The van der Waals surface area contributed by atoms with Crippen LogP contribution < -0.4 is 11.1 Å². The van der Waals surface area contributed by atoms with Crippen LogP contribution in [0.2, 0.25) is 0 Å². The van der Waals surface area contributed by atoms with Gasteiger partial charge in [-0.3, -0.25) is 9.59 Å². The predicted molar refractivity (Wildman–Crippen MR) is 59.5 cm³/mol. The standard InChI is InChI=1S/C9H10BrN3O3/c10-7-5(2-1-3-12-7)9(16)13-4-6(14)8(11)15/h1-3,6,14H,4H2,(H2,11,15)(H,13,16). The van der Waals surface area contributed by atoms with Crippen LogP contribution in [0, 0.1) is 0 Å². The van der Waals surface area contributed by atoms with Gasteiger partial charge in [0, 0.05) is 6.20 Å². The number of aliphatic hydroxyl groups is 1. The molecule has 0 radical (unpaired) electrons. The second-order valence-electron chi connectivity index (χ2n) is 2.97. The maximum absolute atomic E-state index is 11.5. The number of nitrogens with one attached hydrogen (secondary N) is 1. The Balaban J connectivity index is 2.60. The minimum atomic E-state index is -1.39. The van der Waals surface area contributed by atoms with E-state index in [4.69, 9.17) is 10.8 Å². The van der Waals surface area contributed by atoms with Crippen molar-refractivity contribution < 1.29 is 14.7 Å². The van der Waals surface area contributed by atoms with Gasteiger partial charge in [-0.25, -0.2) is 4.98 Å². The Morgan fingerprint density at radius 1 is 1.62 bits per heavy atom. The van der Waals surface area contributed by atoms with Crippen molar-refractivity contribution in [1.29, 1.82) is 0 Å². The first-order valence-electron chi connectivity index (χ1n) is 4.38. The zero-order valence-corrected chi connectivity index (χ0v) is 9.77. The Morgan fingerprint density at radius 2 is 2.31 bits per heavy atom. The van der Waals surface area contributed by atoms with Gasteiger partial charge in [0.15, 0.2) is 0 Å². The average molecular weight is 288 g/mol. The summed E-state index contributed by atoms with van der Waals surface area (Å²) in [5.74, 6) is -1.33. The molecular weight excluding hydrogens is 278 g/mol. The van der Waals surface area contributed by atoms with Gasteiger partial charge in [-0.05, 0) is 28.1 Å². The molecule has 0 aromatic carbocycles. The molecule has 0 aliphatic heterocycles. The smallest absolute Gasteiger partial charge is 0.254 e. The number of nitrogens with two attached hydrogens (primary N) is 1. The summed E-state index contributed by atoms with van der Waals surface area (Å²) in [7, 11) is 0. The molecule has 6 nitrogen and oxygen atoms in total. The topological polar surface area (TPSA) is 105 Å². The van der Waals surface area contributed by atoms with Crippen LogP contribution in [0.4, 0.5) is 0 Å². The molecule has 1 rings (SSSR count). The Morgan fingerprint density at radius 3 is 2.88 bits per heavy atom.